The maximum absolute atomic E-state index is 13.7. The Kier molecular flexibility index (Phi) is 3.27. The average Bonchev–Trinajstić information content (AvgIpc) is 2.99. The van der Waals surface area contributed by atoms with E-state index in [2.05, 4.69) is 24.3 Å². The van der Waals surface area contributed by atoms with Crippen LogP contribution in [0.4, 0.5) is 5.69 Å². The second-order valence-electron chi connectivity index (χ2n) is 8.57. The lowest BCUT2D eigenvalue weighted by atomic mass is 9.55. The van der Waals surface area contributed by atoms with Gasteiger partial charge in [0.2, 0.25) is 11.8 Å². The van der Waals surface area contributed by atoms with Crippen LogP contribution in [0.15, 0.2) is 66.7 Å². The summed E-state index contributed by atoms with van der Waals surface area (Å²) in [5, 5.41) is 0. The summed E-state index contributed by atoms with van der Waals surface area (Å²) < 4.78 is 0. The van der Waals surface area contributed by atoms with Gasteiger partial charge in [0.1, 0.15) is 0 Å². The van der Waals surface area contributed by atoms with E-state index in [1.54, 1.807) is 0 Å². The maximum atomic E-state index is 13.7. The van der Waals surface area contributed by atoms with E-state index in [1.165, 1.54) is 27.2 Å². The lowest BCUT2D eigenvalue weighted by Gasteiger charge is -2.45. The molecule has 0 radical (unpaired) electrons. The monoisotopic (exact) mass is 379 g/mol. The molecule has 2 bridgehead atoms. The molecular weight excluding hydrogens is 358 g/mol. The first kappa shape index (κ1) is 16.7. The first-order valence-corrected chi connectivity index (χ1v) is 10.2. The normalized spacial score (nSPS) is 26.3. The number of anilines is 1. The number of aryl methyl sites for hydroxylation is 2. The number of hydrogen-bond acceptors (Lipinski definition) is 2. The topological polar surface area (TPSA) is 37.4 Å². The molecule has 2 atom stereocenters. The molecule has 3 aromatic carbocycles. The number of hydrogen-bond donors (Lipinski definition) is 0. The fourth-order valence-corrected chi connectivity index (χ4v) is 5.97. The summed E-state index contributed by atoms with van der Waals surface area (Å²) in [5.74, 6) is -0.845. The van der Waals surface area contributed by atoms with Crippen molar-refractivity contribution in [2.45, 2.75) is 25.7 Å². The van der Waals surface area contributed by atoms with Crippen LogP contribution in [-0.4, -0.2) is 11.8 Å². The third-order valence-corrected chi connectivity index (χ3v) is 7.04. The van der Waals surface area contributed by atoms with E-state index in [0.717, 1.165) is 16.8 Å². The Balaban J connectivity index is 1.57. The zero-order chi connectivity index (χ0) is 19.9. The molecule has 4 aliphatic rings. The van der Waals surface area contributed by atoms with E-state index < -0.39 is 0 Å². The molecule has 0 spiro atoms. The minimum absolute atomic E-state index is 0.0500. The van der Waals surface area contributed by atoms with Crippen molar-refractivity contribution in [3.8, 4) is 0 Å². The third kappa shape index (κ3) is 2.02. The zero-order valence-electron chi connectivity index (χ0n) is 16.4. The highest BCUT2D eigenvalue weighted by atomic mass is 16.2. The Morgan fingerprint density at radius 1 is 0.655 bits per heavy atom. The zero-order valence-corrected chi connectivity index (χ0v) is 16.4. The lowest BCUT2D eigenvalue weighted by Crippen LogP contribution is -2.41. The van der Waals surface area contributed by atoms with E-state index in [4.69, 9.17) is 0 Å². The van der Waals surface area contributed by atoms with E-state index in [0.29, 0.717) is 0 Å². The molecule has 29 heavy (non-hydrogen) atoms. The molecule has 2 amide bonds. The minimum Gasteiger partial charge on any atom is -0.274 e. The molecule has 7 rings (SSSR count). The first-order chi connectivity index (χ1) is 14.1. The standard InChI is InChI=1S/C26H21NO2/c1-14-11-12-20(15(2)13-14)27-25(28)23-21-16-7-3-4-8-17(16)22(24(23)26(27)29)19-10-6-5-9-18(19)21/h3-13,21-24H,1-2H3/t21?,22?,23-,24?/m0/s1. The summed E-state index contributed by atoms with van der Waals surface area (Å²) in [7, 11) is 0. The van der Waals surface area contributed by atoms with Crippen LogP contribution in [0.2, 0.25) is 0 Å². The van der Waals surface area contributed by atoms with Gasteiger partial charge in [-0.1, -0.05) is 66.2 Å². The summed E-state index contributed by atoms with van der Waals surface area (Å²) >= 11 is 0. The molecule has 0 aromatic heterocycles. The van der Waals surface area contributed by atoms with Crippen molar-refractivity contribution in [3.05, 3.63) is 100 Å². The van der Waals surface area contributed by atoms with E-state index in [9.17, 15) is 9.59 Å². The second kappa shape index (κ2) is 5.66. The van der Waals surface area contributed by atoms with Crippen LogP contribution in [-0.2, 0) is 9.59 Å². The van der Waals surface area contributed by atoms with Crippen molar-refractivity contribution in [1.29, 1.82) is 0 Å². The largest absolute Gasteiger partial charge is 0.274 e. The van der Waals surface area contributed by atoms with Crippen LogP contribution in [0.25, 0.3) is 0 Å². The summed E-state index contributed by atoms with van der Waals surface area (Å²) in [5.41, 5.74) is 7.66. The number of carbonyl (C=O) groups is 2. The van der Waals surface area contributed by atoms with Gasteiger partial charge in [-0.05, 0) is 47.7 Å². The Morgan fingerprint density at radius 2 is 1.10 bits per heavy atom. The Bertz CT molecular complexity index is 1100. The molecule has 1 unspecified atom stereocenters. The van der Waals surface area contributed by atoms with Gasteiger partial charge >= 0.3 is 0 Å². The fourth-order valence-electron chi connectivity index (χ4n) is 5.97. The molecule has 1 heterocycles. The van der Waals surface area contributed by atoms with Gasteiger partial charge in [-0.3, -0.25) is 9.59 Å². The number of nitrogens with zero attached hydrogens (tertiary/aromatic N) is 1. The number of rotatable bonds is 1. The summed E-state index contributed by atoms with van der Waals surface area (Å²) in [6, 6.07) is 22.6. The van der Waals surface area contributed by atoms with Gasteiger partial charge in [-0.2, -0.15) is 0 Å². The predicted molar refractivity (Wildman–Crippen MR) is 112 cm³/mol. The van der Waals surface area contributed by atoms with Crippen molar-refractivity contribution in [2.75, 3.05) is 4.90 Å². The van der Waals surface area contributed by atoms with Crippen molar-refractivity contribution >= 4 is 17.5 Å². The van der Waals surface area contributed by atoms with Crippen LogP contribution < -0.4 is 4.90 Å². The number of amides is 2. The van der Waals surface area contributed by atoms with Gasteiger partial charge in [0, 0.05) is 11.8 Å². The lowest BCUT2D eigenvalue weighted by molar-refractivity contribution is -0.122. The second-order valence-corrected chi connectivity index (χ2v) is 8.57. The SMILES string of the molecule is Cc1ccc(N2C(=O)C3C4c5ccccc5C(c5ccccc54)[C@@H]3C2=O)c(C)c1. The average molecular weight is 379 g/mol. The van der Waals surface area contributed by atoms with Gasteiger partial charge in [0.15, 0.2) is 0 Å². The van der Waals surface area contributed by atoms with Crippen LogP contribution in [0.3, 0.4) is 0 Å². The van der Waals surface area contributed by atoms with Crippen LogP contribution in [0, 0.1) is 25.7 Å². The molecule has 3 heteroatoms. The molecule has 0 saturated carbocycles. The summed E-state index contributed by atoms with van der Waals surface area (Å²) in [4.78, 5) is 28.9. The molecule has 0 N–H and O–H groups in total. The van der Waals surface area contributed by atoms with Crippen molar-refractivity contribution in [2.24, 2.45) is 11.8 Å². The molecular formula is C26H21NO2. The van der Waals surface area contributed by atoms with Crippen molar-refractivity contribution < 1.29 is 9.59 Å². The Hall–Kier alpha value is -3.20. The maximum Gasteiger partial charge on any atom is 0.238 e. The highest BCUT2D eigenvalue weighted by molar-refractivity contribution is 6.23. The molecule has 142 valence electrons. The van der Waals surface area contributed by atoms with Crippen LogP contribution in [0.1, 0.15) is 45.2 Å². The van der Waals surface area contributed by atoms with E-state index in [1.807, 2.05) is 56.3 Å². The molecule has 1 aliphatic heterocycles. The summed E-state index contributed by atoms with van der Waals surface area (Å²) in [6.07, 6.45) is 0. The predicted octanol–water partition coefficient (Wildman–Crippen LogP) is 4.70. The Labute approximate surface area is 170 Å². The quantitative estimate of drug-likeness (QED) is 0.575. The highest BCUT2D eigenvalue weighted by Gasteiger charge is 2.61. The first-order valence-electron chi connectivity index (χ1n) is 10.2. The van der Waals surface area contributed by atoms with Crippen molar-refractivity contribution in [3.63, 3.8) is 0 Å². The Morgan fingerprint density at radius 3 is 1.52 bits per heavy atom. The number of carbonyl (C=O) groups excluding carboxylic acids is 2. The van der Waals surface area contributed by atoms with Gasteiger partial charge in [-0.25, -0.2) is 4.90 Å². The van der Waals surface area contributed by atoms with Crippen LogP contribution >= 0.6 is 0 Å². The molecule has 3 nitrogen and oxygen atoms in total. The van der Waals surface area contributed by atoms with Gasteiger partial charge in [-0.15, -0.1) is 0 Å². The summed E-state index contributed by atoms with van der Waals surface area (Å²) in [6.45, 7) is 4.00. The van der Waals surface area contributed by atoms with Gasteiger partial charge < -0.3 is 0 Å². The molecule has 1 fully saturated rings. The fraction of sp³-hybridized carbons (Fsp3) is 0.231. The third-order valence-electron chi connectivity index (χ3n) is 7.04. The van der Waals surface area contributed by atoms with Gasteiger partial charge in [0.25, 0.3) is 0 Å². The molecule has 1 saturated heterocycles. The highest BCUT2D eigenvalue weighted by Crippen LogP contribution is 2.61. The van der Waals surface area contributed by atoms with E-state index in [-0.39, 0.29) is 35.5 Å². The van der Waals surface area contributed by atoms with E-state index >= 15 is 0 Å². The number of benzene rings is 3. The van der Waals surface area contributed by atoms with Gasteiger partial charge in [0.05, 0.1) is 17.5 Å². The van der Waals surface area contributed by atoms with Crippen LogP contribution in [0.5, 0.6) is 0 Å². The molecule has 3 aromatic rings. The van der Waals surface area contributed by atoms with Crippen molar-refractivity contribution in [1.82, 2.24) is 0 Å². The smallest absolute Gasteiger partial charge is 0.238 e. The molecule has 3 aliphatic carbocycles. The number of imide groups is 1. The minimum atomic E-state index is -0.321.